The van der Waals surface area contributed by atoms with Crippen LogP contribution in [-0.2, 0) is 9.53 Å². The molecule has 0 spiro atoms. The number of piperidine rings is 1. The van der Waals surface area contributed by atoms with Gasteiger partial charge in [-0.3, -0.25) is 9.69 Å². The minimum Gasteiger partial charge on any atom is -0.392 e. The van der Waals surface area contributed by atoms with Gasteiger partial charge in [-0.25, -0.2) is 4.79 Å². The fraction of sp³-hybridized carbons (Fsp3) is 0.900. The molecule has 2 atom stereocenters. The maximum Gasteiger partial charge on any atom is 0.317 e. The van der Waals surface area contributed by atoms with Crippen molar-refractivity contribution in [1.82, 2.24) is 20.4 Å². The van der Waals surface area contributed by atoms with Gasteiger partial charge in [0.15, 0.2) is 0 Å². The molecule has 1 aliphatic carbocycles. The van der Waals surface area contributed by atoms with Crippen LogP contribution in [0.4, 0.5) is 4.79 Å². The van der Waals surface area contributed by atoms with Gasteiger partial charge < -0.3 is 25.4 Å². The smallest absolute Gasteiger partial charge is 0.317 e. The number of carbonyl (C=O) groups excluding carboxylic acids is 2. The van der Waals surface area contributed by atoms with Crippen LogP contribution in [0.1, 0.15) is 51.4 Å². The number of β-amino-alcohol motifs (C(OH)–C–C–N with tert-alkyl or cyclic N) is 1. The lowest BCUT2D eigenvalue weighted by atomic mass is 9.95. The summed E-state index contributed by atoms with van der Waals surface area (Å²) in [6.07, 6.45) is 7.50. The van der Waals surface area contributed by atoms with Crippen LogP contribution in [0.25, 0.3) is 0 Å². The average Bonchev–Trinajstić information content (AvgIpc) is 3.11. The summed E-state index contributed by atoms with van der Waals surface area (Å²) >= 11 is 0. The van der Waals surface area contributed by atoms with E-state index in [4.69, 9.17) is 4.74 Å². The number of nitrogens with one attached hydrogen (secondary N) is 2. The Hall–Kier alpha value is -1.38. The lowest BCUT2D eigenvalue weighted by molar-refractivity contribution is -0.127. The molecule has 0 bridgehead atoms. The van der Waals surface area contributed by atoms with Crippen LogP contribution in [-0.4, -0.2) is 91.0 Å². The van der Waals surface area contributed by atoms with E-state index >= 15 is 0 Å². The Morgan fingerprint density at radius 2 is 1.82 bits per heavy atom. The second-order valence-electron chi connectivity index (χ2n) is 8.39. The molecule has 2 aliphatic heterocycles. The Morgan fingerprint density at radius 3 is 2.50 bits per heavy atom. The van der Waals surface area contributed by atoms with Gasteiger partial charge >= 0.3 is 6.03 Å². The van der Waals surface area contributed by atoms with E-state index in [1.54, 1.807) is 7.11 Å². The summed E-state index contributed by atoms with van der Waals surface area (Å²) < 4.78 is 4.96. The van der Waals surface area contributed by atoms with E-state index in [1.165, 1.54) is 19.3 Å². The van der Waals surface area contributed by atoms with E-state index in [-0.39, 0.29) is 24.0 Å². The van der Waals surface area contributed by atoms with Gasteiger partial charge in [-0.15, -0.1) is 0 Å². The van der Waals surface area contributed by atoms with E-state index < -0.39 is 6.10 Å². The fourth-order valence-corrected chi connectivity index (χ4v) is 4.82. The first kappa shape index (κ1) is 21.3. The molecular weight excluding hydrogens is 360 g/mol. The normalized spacial score (nSPS) is 27.7. The molecule has 0 unspecified atom stereocenters. The van der Waals surface area contributed by atoms with Crippen molar-refractivity contribution in [2.45, 2.75) is 75.6 Å². The van der Waals surface area contributed by atoms with Crippen LogP contribution in [0, 0.1) is 0 Å². The minimum absolute atomic E-state index is 0.0523. The van der Waals surface area contributed by atoms with Crippen LogP contribution in [0.3, 0.4) is 0 Å². The Morgan fingerprint density at radius 1 is 1.11 bits per heavy atom. The first-order valence-electron chi connectivity index (χ1n) is 10.8. The van der Waals surface area contributed by atoms with Crippen molar-refractivity contribution in [3.8, 4) is 0 Å². The van der Waals surface area contributed by atoms with Gasteiger partial charge in [0.1, 0.15) is 0 Å². The first-order valence-corrected chi connectivity index (χ1v) is 10.8. The Kier molecular flexibility index (Phi) is 7.93. The Labute approximate surface area is 168 Å². The topological polar surface area (TPSA) is 94.1 Å². The average molecular weight is 397 g/mol. The Bertz CT molecular complexity index is 518. The molecule has 0 aromatic rings. The first-order chi connectivity index (χ1) is 13.6. The second-order valence-corrected chi connectivity index (χ2v) is 8.39. The second kappa shape index (κ2) is 10.4. The number of rotatable bonds is 6. The van der Waals surface area contributed by atoms with Crippen molar-refractivity contribution in [3.05, 3.63) is 0 Å². The largest absolute Gasteiger partial charge is 0.392 e. The molecule has 28 heavy (non-hydrogen) atoms. The molecule has 3 fully saturated rings. The van der Waals surface area contributed by atoms with Crippen molar-refractivity contribution >= 4 is 11.9 Å². The zero-order valence-corrected chi connectivity index (χ0v) is 17.1. The molecule has 0 radical (unpaired) electrons. The van der Waals surface area contributed by atoms with Gasteiger partial charge in [0.2, 0.25) is 5.91 Å². The number of hydrogen-bond acceptors (Lipinski definition) is 5. The van der Waals surface area contributed by atoms with Crippen molar-refractivity contribution in [2.75, 3.05) is 39.9 Å². The molecule has 3 N–H and O–H groups in total. The predicted octanol–water partition coefficient (Wildman–Crippen LogP) is 0.691. The number of carbonyl (C=O) groups is 2. The van der Waals surface area contributed by atoms with Crippen LogP contribution in [0.5, 0.6) is 0 Å². The van der Waals surface area contributed by atoms with Gasteiger partial charge in [0, 0.05) is 45.4 Å². The zero-order chi connectivity index (χ0) is 19.9. The molecule has 160 valence electrons. The van der Waals surface area contributed by atoms with Gasteiger partial charge in [-0.2, -0.15) is 0 Å². The van der Waals surface area contributed by atoms with E-state index in [9.17, 15) is 14.7 Å². The summed E-state index contributed by atoms with van der Waals surface area (Å²) in [6, 6.07) is 0.230. The van der Waals surface area contributed by atoms with E-state index in [0.29, 0.717) is 45.2 Å². The molecule has 0 aromatic heterocycles. The number of aliphatic hydroxyl groups is 1. The van der Waals surface area contributed by atoms with Crippen molar-refractivity contribution < 1.29 is 19.4 Å². The summed E-state index contributed by atoms with van der Waals surface area (Å²) in [7, 11) is 1.61. The monoisotopic (exact) mass is 396 g/mol. The fourth-order valence-electron chi connectivity index (χ4n) is 4.82. The number of ether oxygens (including phenoxy) is 1. The quantitative estimate of drug-likeness (QED) is 0.575. The maximum absolute atomic E-state index is 12.9. The van der Waals surface area contributed by atoms with Crippen LogP contribution >= 0.6 is 0 Å². The standard InChI is InChI=1S/C20H36N4O4/c1-28-12-9-21-20(27)23-10-7-16(8-11-23)24-14-17(25)13-18(24)19(26)22-15-5-3-2-4-6-15/h15-18,25H,2-14H2,1H3,(H,21,27)(H,22,26)/t17-,18+/m1/s1. The number of amides is 3. The molecule has 3 rings (SSSR count). The van der Waals surface area contributed by atoms with Gasteiger partial charge in [0.25, 0.3) is 0 Å². The third kappa shape index (κ3) is 5.58. The number of aliphatic hydroxyl groups excluding tert-OH is 1. The van der Waals surface area contributed by atoms with Crippen LogP contribution < -0.4 is 10.6 Å². The predicted molar refractivity (Wildman–Crippen MR) is 106 cm³/mol. The van der Waals surface area contributed by atoms with Crippen molar-refractivity contribution in [3.63, 3.8) is 0 Å². The molecule has 3 aliphatic rings. The molecule has 2 saturated heterocycles. The highest BCUT2D eigenvalue weighted by Crippen LogP contribution is 2.27. The lowest BCUT2D eigenvalue weighted by Gasteiger charge is -2.39. The summed E-state index contributed by atoms with van der Waals surface area (Å²) in [5.41, 5.74) is 0. The highest BCUT2D eigenvalue weighted by molar-refractivity contribution is 5.82. The molecule has 8 nitrogen and oxygen atoms in total. The van der Waals surface area contributed by atoms with Crippen molar-refractivity contribution in [2.24, 2.45) is 0 Å². The SMILES string of the molecule is COCCNC(=O)N1CCC(N2C[C@H](O)C[C@H]2C(=O)NC2CCCCC2)CC1. The van der Waals surface area contributed by atoms with Crippen LogP contribution in [0.2, 0.25) is 0 Å². The molecule has 2 heterocycles. The summed E-state index contributed by atoms with van der Waals surface area (Å²) in [4.78, 5) is 29.1. The van der Waals surface area contributed by atoms with Gasteiger partial charge in [-0.05, 0) is 32.1 Å². The summed E-state index contributed by atoms with van der Waals surface area (Å²) in [6.45, 7) is 2.91. The molecular formula is C20H36N4O4. The molecule has 3 amide bonds. The Balaban J connectivity index is 1.49. The van der Waals surface area contributed by atoms with Gasteiger partial charge in [-0.1, -0.05) is 19.3 Å². The highest BCUT2D eigenvalue weighted by Gasteiger charge is 2.41. The summed E-state index contributed by atoms with van der Waals surface area (Å²) in [5, 5.41) is 16.3. The number of nitrogens with zero attached hydrogens (tertiary/aromatic N) is 2. The third-order valence-electron chi connectivity index (χ3n) is 6.37. The van der Waals surface area contributed by atoms with Gasteiger partial charge in [0.05, 0.1) is 18.8 Å². The molecule has 1 saturated carbocycles. The number of urea groups is 1. The van der Waals surface area contributed by atoms with Crippen LogP contribution in [0.15, 0.2) is 0 Å². The number of methoxy groups -OCH3 is 1. The third-order valence-corrected chi connectivity index (χ3v) is 6.37. The lowest BCUT2D eigenvalue weighted by Crippen LogP contribution is -2.54. The van der Waals surface area contributed by atoms with E-state index in [0.717, 1.165) is 25.7 Å². The minimum atomic E-state index is -0.447. The van der Waals surface area contributed by atoms with E-state index in [1.807, 2.05) is 4.90 Å². The zero-order valence-electron chi connectivity index (χ0n) is 17.1. The highest BCUT2D eigenvalue weighted by atomic mass is 16.5. The molecule has 0 aromatic carbocycles. The van der Waals surface area contributed by atoms with Crippen molar-refractivity contribution in [1.29, 1.82) is 0 Å². The number of hydrogen-bond donors (Lipinski definition) is 3. The maximum atomic E-state index is 12.9. The van der Waals surface area contributed by atoms with E-state index in [2.05, 4.69) is 15.5 Å². The number of likely N-dealkylation sites (tertiary alicyclic amines) is 2. The molecule has 8 heteroatoms. The summed E-state index contributed by atoms with van der Waals surface area (Å²) in [5.74, 6) is 0.0724.